The van der Waals surface area contributed by atoms with Gasteiger partial charge in [0.25, 0.3) is 0 Å². The fraction of sp³-hybridized carbons (Fsp3) is 0.353. The molecule has 1 aliphatic heterocycles. The molecular formula is C17H22FN3O. The molecule has 1 heterocycles. The number of carbonyl (C=O) groups is 1. The molecule has 0 unspecified atom stereocenters. The van der Waals surface area contributed by atoms with Gasteiger partial charge in [0.15, 0.2) is 0 Å². The average molecular weight is 303 g/mol. The third kappa shape index (κ3) is 4.43. The number of hydrogen-bond donors (Lipinski definition) is 1. The van der Waals surface area contributed by atoms with Gasteiger partial charge in [-0.15, -0.1) is 0 Å². The van der Waals surface area contributed by atoms with E-state index in [1.54, 1.807) is 18.2 Å². The van der Waals surface area contributed by atoms with E-state index in [1.165, 1.54) is 18.2 Å². The lowest BCUT2D eigenvalue weighted by Gasteiger charge is -2.35. The molecule has 1 aromatic carbocycles. The number of amides is 1. The summed E-state index contributed by atoms with van der Waals surface area (Å²) < 4.78 is 13.5. The van der Waals surface area contributed by atoms with E-state index in [1.807, 2.05) is 13.0 Å². The van der Waals surface area contributed by atoms with Crippen molar-refractivity contribution in [2.75, 3.05) is 43.4 Å². The summed E-state index contributed by atoms with van der Waals surface area (Å²) in [4.78, 5) is 16.3. The van der Waals surface area contributed by atoms with Gasteiger partial charge in [0.05, 0.1) is 11.4 Å². The quantitative estimate of drug-likeness (QED) is 0.686. The van der Waals surface area contributed by atoms with Crippen molar-refractivity contribution in [3.05, 3.63) is 48.3 Å². The van der Waals surface area contributed by atoms with Crippen LogP contribution in [0.15, 0.2) is 42.5 Å². The van der Waals surface area contributed by atoms with Gasteiger partial charge in [0.1, 0.15) is 5.82 Å². The molecule has 0 bridgehead atoms. The van der Waals surface area contributed by atoms with Crippen LogP contribution in [-0.4, -0.2) is 44.0 Å². The fourth-order valence-corrected chi connectivity index (χ4v) is 2.36. The Balaban J connectivity index is 2.15. The number of hydrogen-bond acceptors (Lipinski definition) is 3. The summed E-state index contributed by atoms with van der Waals surface area (Å²) in [5, 5.41) is 2.76. The van der Waals surface area contributed by atoms with Crippen LogP contribution in [0.5, 0.6) is 0 Å². The highest BCUT2D eigenvalue weighted by Crippen LogP contribution is 2.27. The summed E-state index contributed by atoms with van der Waals surface area (Å²) >= 11 is 0. The molecule has 1 amide bonds. The molecule has 0 aromatic heterocycles. The van der Waals surface area contributed by atoms with Gasteiger partial charge in [0, 0.05) is 32.3 Å². The predicted octanol–water partition coefficient (Wildman–Crippen LogP) is 2.65. The first kappa shape index (κ1) is 16.2. The third-order valence-electron chi connectivity index (χ3n) is 3.61. The minimum absolute atomic E-state index is 0.265. The number of halogens is 1. The Kier molecular flexibility index (Phi) is 5.72. The number of carbonyl (C=O) groups excluding carboxylic acids is 1. The van der Waals surface area contributed by atoms with Crippen molar-refractivity contribution >= 4 is 17.3 Å². The standard InChI is InChI=1S/C17H22FN3O/c1-3-4-5-6-17(22)19-15-13-14(18)7-8-16(15)21-11-9-20(2)10-12-21/h3-8,13H,9-12H2,1-2H3,(H,19,22). The summed E-state index contributed by atoms with van der Waals surface area (Å²) in [6.07, 6.45) is 6.69. The van der Waals surface area contributed by atoms with Crippen molar-refractivity contribution in [3.8, 4) is 0 Å². The molecule has 22 heavy (non-hydrogen) atoms. The smallest absolute Gasteiger partial charge is 0.248 e. The van der Waals surface area contributed by atoms with Gasteiger partial charge in [-0.1, -0.05) is 18.2 Å². The summed E-state index contributed by atoms with van der Waals surface area (Å²) in [5.74, 6) is -0.621. The molecule has 2 rings (SSSR count). The second-order valence-corrected chi connectivity index (χ2v) is 5.33. The normalized spacial score (nSPS) is 16.6. The number of nitrogens with zero attached hydrogens (tertiary/aromatic N) is 2. The molecule has 4 nitrogen and oxygen atoms in total. The minimum atomic E-state index is -0.356. The first-order valence-corrected chi connectivity index (χ1v) is 7.43. The summed E-state index contributed by atoms with van der Waals surface area (Å²) in [6.45, 7) is 5.50. The number of likely N-dealkylation sites (N-methyl/N-ethyl adjacent to an activating group) is 1. The lowest BCUT2D eigenvalue weighted by Crippen LogP contribution is -2.44. The second-order valence-electron chi connectivity index (χ2n) is 5.33. The summed E-state index contributed by atoms with van der Waals surface area (Å²) in [7, 11) is 2.08. The van der Waals surface area contributed by atoms with Gasteiger partial charge in [-0.05, 0) is 32.2 Å². The highest BCUT2D eigenvalue weighted by atomic mass is 19.1. The molecule has 0 atom stereocenters. The highest BCUT2D eigenvalue weighted by Gasteiger charge is 2.18. The van der Waals surface area contributed by atoms with Gasteiger partial charge in [0.2, 0.25) is 5.91 Å². The maximum absolute atomic E-state index is 13.5. The van der Waals surface area contributed by atoms with Crippen LogP contribution in [0, 0.1) is 5.82 Å². The van der Waals surface area contributed by atoms with Crippen molar-refractivity contribution < 1.29 is 9.18 Å². The van der Waals surface area contributed by atoms with Crippen molar-refractivity contribution in [1.82, 2.24) is 4.90 Å². The van der Waals surface area contributed by atoms with Crippen LogP contribution in [0.2, 0.25) is 0 Å². The number of piperazine rings is 1. The van der Waals surface area contributed by atoms with Crippen LogP contribution in [-0.2, 0) is 4.79 Å². The second kappa shape index (κ2) is 7.75. The number of benzene rings is 1. The summed E-state index contributed by atoms with van der Waals surface area (Å²) in [6, 6.07) is 4.53. The number of rotatable bonds is 4. The maximum Gasteiger partial charge on any atom is 0.248 e. The Morgan fingerprint density at radius 2 is 1.95 bits per heavy atom. The summed E-state index contributed by atoms with van der Waals surface area (Å²) in [5.41, 5.74) is 1.38. The zero-order valence-electron chi connectivity index (χ0n) is 13.1. The van der Waals surface area contributed by atoms with E-state index < -0.39 is 0 Å². The van der Waals surface area contributed by atoms with Crippen LogP contribution in [0.4, 0.5) is 15.8 Å². The Hall–Kier alpha value is -2.14. The Morgan fingerprint density at radius 3 is 2.64 bits per heavy atom. The molecule has 1 aliphatic rings. The Labute approximate surface area is 130 Å². The van der Waals surface area contributed by atoms with Crippen molar-refractivity contribution in [3.63, 3.8) is 0 Å². The largest absolute Gasteiger partial charge is 0.367 e. The topological polar surface area (TPSA) is 35.6 Å². The Bertz CT molecular complexity index is 575. The molecule has 1 aromatic rings. The van der Waals surface area contributed by atoms with Crippen molar-refractivity contribution in [2.45, 2.75) is 6.92 Å². The molecule has 0 radical (unpaired) electrons. The molecule has 1 fully saturated rings. The zero-order valence-corrected chi connectivity index (χ0v) is 13.1. The third-order valence-corrected chi connectivity index (χ3v) is 3.61. The lowest BCUT2D eigenvalue weighted by molar-refractivity contribution is -0.111. The number of nitrogens with one attached hydrogen (secondary N) is 1. The maximum atomic E-state index is 13.5. The molecular weight excluding hydrogens is 281 g/mol. The van der Waals surface area contributed by atoms with Crippen LogP contribution in [0.3, 0.4) is 0 Å². The van der Waals surface area contributed by atoms with E-state index in [0.29, 0.717) is 5.69 Å². The number of allylic oxidation sites excluding steroid dienone is 3. The SMILES string of the molecule is CC=CC=CC(=O)Nc1cc(F)ccc1N1CCN(C)CC1. The molecule has 118 valence electrons. The zero-order chi connectivity index (χ0) is 15.9. The van der Waals surface area contributed by atoms with E-state index in [2.05, 4.69) is 22.2 Å². The van der Waals surface area contributed by atoms with Gasteiger partial charge >= 0.3 is 0 Å². The van der Waals surface area contributed by atoms with Crippen molar-refractivity contribution in [2.24, 2.45) is 0 Å². The van der Waals surface area contributed by atoms with Crippen molar-refractivity contribution in [1.29, 1.82) is 0 Å². The van der Waals surface area contributed by atoms with Crippen LogP contribution in [0.25, 0.3) is 0 Å². The minimum Gasteiger partial charge on any atom is -0.367 e. The van der Waals surface area contributed by atoms with E-state index >= 15 is 0 Å². The molecule has 0 saturated carbocycles. The first-order chi connectivity index (χ1) is 10.6. The lowest BCUT2D eigenvalue weighted by atomic mass is 10.2. The predicted molar refractivity (Wildman–Crippen MR) is 88.7 cm³/mol. The molecule has 1 N–H and O–H groups in total. The first-order valence-electron chi connectivity index (χ1n) is 7.43. The van der Waals surface area contributed by atoms with Gasteiger partial charge in [-0.2, -0.15) is 0 Å². The van der Waals surface area contributed by atoms with E-state index in [-0.39, 0.29) is 11.7 Å². The van der Waals surface area contributed by atoms with Crippen LogP contribution in [0.1, 0.15) is 6.92 Å². The monoisotopic (exact) mass is 303 g/mol. The molecule has 1 saturated heterocycles. The van der Waals surface area contributed by atoms with E-state index in [4.69, 9.17) is 0 Å². The van der Waals surface area contributed by atoms with Crippen LogP contribution >= 0.6 is 0 Å². The Morgan fingerprint density at radius 1 is 1.23 bits per heavy atom. The van der Waals surface area contributed by atoms with E-state index in [9.17, 15) is 9.18 Å². The number of anilines is 2. The van der Waals surface area contributed by atoms with Gasteiger partial charge < -0.3 is 15.1 Å². The van der Waals surface area contributed by atoms with Gasteiger partial charge in [-0.3, -0.25) is 4.79 Å². The molecule has 5 heteroatoms. The van der Waals surface area contributed by atoms with Gasteiger partial charge in [-0.25, -0.2) is 4.39 Å². The molecule has 0 spiro atoms. The van der Waals surface area contributed by atoms with E-state index in [0.717, 1.165) is 31.9 Å². The fourth-order valence-electron chi connectivity index (χ4n) is 2.36. The average Bonchev–Trinajstić information content (AvgIpc) is 2.49. The van der Waals surface area contributed by atoms with Crippen LogP contribution < -0.4 is 10.2 Å². The molecule has 0 aliphatic carbocycles. The highest BCUT2D eigenvalue weighted by molar-refractivity contribution is 6.01.